The van der Waals surface area contributed by atoms with Crippen LogP contribution in [0.4, 0.5) is 16.4 Å². The molecule has 1 aromatic carbocycles. The number of aryl methyl sites for hydroxylation is 1. The third-order valence-corrected chi connectivity index (χ3v) is 3.99. The Hall–Kier alpha value is -2.94. The number of anilines is 3. The topological polar surface area (TPSA) is 123 Å². The van der Waals surface area contributed by atoms with Gasteiger partial charge in [-0.15, -0.1) is 0 Å². The summed E-state index contributed by atoms with van der Waals surface area (Å²) in [5.41, 5.74) is 7.46. The number of hydrogen-bond donors (Lipinski definition) is 3. The van der Waals surface area contributed by atoms with Crippen LogP contribution in [0.15, 0.2) is 24.3 Å². The number of esters is 1. The summed E-state index contributed by atoms with van der Waals surface area (Å²) in [5, 5.41) is 5.50. The molecule has 1 heterocycles. The predicted octanol–water partition coefficient (Wildman–Crippen LogP) is 2.18. The van der Waals surface area contributed by atoms with Crippen LogP contribution in [0.1, 0.15) is 29.9 Å². The highest BCUT2D eigenvalue weighted by Crippen LogP contribution is 2.22. The van der Waals surface area contributed by atoms with Gasteiger partial charge in [-0.05, 0) is 49.6 Å². The largest absolute Gasteiger partial charge is 0.449 e. The van der Waals surface area contributed by atoms with Gasteiger partial charge in [-0.1, -0.05) is 0 Å². The van der Waals surface area contributed by atoms with E-state index in [1.165, 1.54) is 13.8 Å². The van der Waals surface area contributed by atoms with Gasteiger partial charge in [0.05, 0.1) is 5.69 Å². The molecule has 132 valence electrons. The van der Waals surface area contributed by atoms with Crippen LogP contribution in [0.25, 0.3) is 0 Å². The van der Waals surface area contributed by atoms with Crippen molar-refractivity contribution in [2.24, 2.45) is 0 Å². The van der Waals surface area contributed by atoms with Crippen molar-refractivity contribution in [1.29, 1.82) is 0 Å². The first kappa shape index (κ1) is 18.4. The van der Waals surface area contributed by atoms with Crippen molar-refractivity contribution in [3.05, 3.63) is 35.5 Å². The molecule has 2 amide bonds. The minimum Gasteiger partial charge on any atom is -0.449 e. The monoisotopic (exact) mass is 362 g/mol. The van der Waals surface area contributed by atoms with Crippen LogP contribution < -0.4 is 16.4 Å². The number of benzene rings is 1. The smallest absolute Gasteiger partial charge is 0.343 e. The van der Waals surface area contributed by atoms with Gasteiger partial charge < -0.3 is 21.1 Å². The van der Waals surface area contributed by atoms with Gasteiger partial charge in [0.1, 0.15) is 10.6 Å². The van der Waals surface area contributed by atoms with Crippen molar-refractivity contribution in [1.82, 2.24) is 4.37 Å². The minimum atomic E-state index is -1.01. The molecule has 0 aliphatic rings. The zero-order valence-electron chi connectivity index (χ0n) is 14.0. The van der Waals surface area contributed by atoms with Gasteiger partial charge in [0.2, 0.25) is 5.91 Å². The first-order valence-corrected chi connectivity index (χ1v) is 8.16. The average Bonchev–Trinajstić information content (AvgIpc) is 2.87. The van der Waals surface area contributed by atoms with E-state index in [-0.39, 0.29) is 16.5 Å². The van der Waals surface area contributed by atoms with Gasteiger partial charge in [0, 0.05) is 18.3 Å². The molecule has 0 aliphatic carbocycles. The van der Waals surface area contributed by atoms with Crippen molar-refractivity contribution in [3.8, 4) is 0 Å². The molecule has 0 fully saturated rings. The molecule has 2 rings (SSSR count). The number of carbonyl (C=O) groups is 3. The second-order valence-electron chi connectivity index (χ2n) is 5.30. The van der Waals surface area contributed by atoms with E-state index in [1.807, 2.05) is 0 Å². The third-order valence-electron chi connectivity index (χ3n) is 3.22. The summed E-state index contributed by atoms with van der Waals surface area (Å²) in [7, 11) is 0. The number of nitrogens with one attached hydrogen (secondary N) is 2. The fourth-order valence-corrected chi connectivity index (χ4v) is 2.64. The molecule has 1 atom stereocenters. The van der Waals surface area contributed by atoms with E-state index in [2.05, 4.69) is 15.0 Å². The second-order valence-corrected chi connectivity index (χ2v) is 6.11. The summed E-state index contributed by atoms with van der Waals surface area (Å²) >= 11 is 0.999. The fourth-order valence-electron chi connectivity index (χ4n) is 1.99. The van der Waals surface area contributed by atoms with Crippen molar-refractivity contribution in [2.45, 2.75) is 26.9 Å². The van der Waals surface area contributed by atoms with E-state index >= 15 is 0 Å². The third kappa shape index (κ3) is 4.77. The lowest BCUT2D eigenvalue weighted by molar-refractivity contribution is -0.123. The molecule has 1 aromatic heterocycles. The van der Waals surface area contributed by atoms with Crippen molar-refractivity contribution >= 4 is 45.7 Å². The molecule has 4 N–H and O–H groups in total. The van der Waals surface area contributed by atoms with E-state index < -0.39 is 18.0 Å². The summed E-state index contributed by atoms with van der Waals surface area (Å²) in [6.45, 7) is 4.51. The Bertz CT molecular complexity index is 781. The summed E-state index contributed by atoms with van der Waals surface area (Å²) in [6, 6.07) is 6.55. The number of carbonyl (C=O) groups excluding carboxylic acids is 3. The average molecular weight is 362 g/mol. The molecule has 0 bridgehead atoms. The van der Waals surface area contributed by atoms with Crippen LogP contribution in [0.3, 0.4) is 0 Å². The lowest BCUT2D eigenvalue weighted by atomic mass is 10.2. The van der Waals surface area contributed by atoms with E-state index in [9.17, 15) is 14.4 Å². The van der Waals surface area contributed by atoms with Gasteiger partial charge in [0.25, 0.3) is 5.91 Å². The maximum Gasteiger partial charge on any atom is 0.343 e. The Balaban J connectivity index is 1.96. The lowest BCUT2D eigenvalue weighted by Crippen LogP contribution is -2.30. The van der Waals surface area contributed by atoms with Crippen molar-refractivity contribution < 1.29 is 19.1 Å². The summed E-state index contributed by atoms with van der Waals surface area (Å²) in [4.78, 5) is 35.2. The Kier molecular flexibility index (Phi) is 5.71. The molecule has 25 heavy (non-hydrogen) atoms. The minimum absolute atomic E-state index is 0.185. The predicted molar refractivity (Wildman–Crippen MR) is 95.5 cm³/mol. The summed E-state index contributed by atoms with van der Waals surface area (Å²) < 4.78 is 9.12. The zero-order valence-corrected chi connectivity index (χ0v) is 14.8. The second kappa shape index (κ2) is 7.75. The first-order chi connectivity index (χ1) is 11.8. The Morgan fingerprint density at radius 3 is 2.20 bits per heavy atom. The number of aromatic nitrogens is 1. The van der Waals surface area contributed by atoms with Gasteiger partial charge >= 0.3 is 5.97 Å². The van der Waals surface area contributed by atoms with Gasteiger partial charge in [0.15, 0.2) is 6.10 Å². The maximum atomic E-state index is 12.1. The number of nitrogens with zero attached hydrogens (tertiary/aromatic N) is 1. The molecule has 0 saturated heterocycles. The SMILES string of the molecule is CC(=O)Nc1ccc(NC(=O)C(C)OC(=O)c2c(C)nsc2N)cc1. The van der Waals surface area contributed by atoms with E-state index in [4.69, 9.17) is 10.5 Å². The molecule has 0 spiro atoms. The number of amides is 2. The van der Waals surface area contributed by atoms with Crippen LogP contribution in [0.2, 0.25) is 0 Å². The number of rotatable bonds is 5. The van der Waals surface area contributed by atoms with Gasteiger partial charge in [-0.3, -0.25) is 9.59 Å². The van der Waals surface area contributed by atoms with E-state index in [0.29, 0.717) is 17.1 Å². The highest BCUT2D eigenvalue weighted by atomic mass is 32.1. The Labute approximate surface area is 148 Å². The van der Waals surface area contributed by atoms with E-state index in [1.54, 1.807) is 31.2 Å². The molecular formula is C16H18N4O4S. The van der Waals surface area contributed by atoms with Crippen LogP contribution in [-0.2, 0) is 14.3 Å². The summed E-state index contributed by atoms with van der Waals surface area (Å²) in [6.07, 6.45) is -1.01. The zero-order chi connectivity index (χ0) is 18.6. The Morgan fingerprint density at radius 1 is 1.16 bits per heavy atom. The van der Waals surface area contributed by atoms with Gasteiger partial charge in [-0.2, -0.15) is 4.37 Å². The van der Waals surface area contributed by atoms with Crippen LogP contribution in [0, 0.1) is 6.92 Å². The highest BCUT2D eigenvalue weighted by Gasteiger charge is 2.23. The van der Waals surface area contributed by atoms with Crippen LogP contribution >= 0.6 is 11.5 Å². The lowest BCUT2D eigenvalue weighted by Gasteiger charge is -2.14. The maximum absolute atomic E-state index is 12.1. The standard InChI is InChI=1S/C16H18N4O4S/c1-8-13(14(17)25-20-8)16(23)24-9(2)15(22)19-12-6-4-11(5-7-12)18-10(3)21/h4-7,9H,17H2,1-3H3,(H,18,21)(H,19,22). The van der Waals surface area contributed by atoms with Gasteiger partial charge in [-0.25, -0.2) is 4.79 Å². The van der Waals surface area contributed by atoms with Crippen LogP contribution in [-0.4, -0.2) is 28.3 Å². The quantitative estimate of drug-likeness (QED) is 0.701. The molecular weight excluding hydrogens is 344 g/mol. The van der Waals surface area contributed by atoms with Crippen molar-refractivity contribution in [3.63, 3.8) is 0 Å². The van der Waals surface area contributed by atoms with E-state index in [0.717, 1.165) is 11.5 Å². The molecule has 8 nitrogen and oxygen atoms in total. The normalized spacial score (nSPS) is 11.5. The molecule has 2 aromatic rings. The molecule has 0 saturated carbocycles. The van der Waals surface area contributed by atoms with Crippen LogP contribution in [0.5, 0.6) is 0 Å². The molecule has 9 heteroatoms. The number of ether oxygens (including phenoxy) is 1. The number of nitrogens with two attached hydrogens (primary N) is 1. The highest BCUT2D eigenvalue weighted by molar-refractivity contribution is 7.10. The molecule has 0 aliphatic heterocycles. The fraction of sp³-hybridized carbons (Fsp3) is 0.250. The summed E-state index contributed by atoms with van der Waals surface area (Å²) in [5.74, 6) is -1.36. The molecule has 1 unspecified atom stereocenters. The number of hydrogen-bond acceptors (Lipinski definition) is 7. The van der Waals surface area contributed by atoms with Crippen molar-refractivity contribution in [2.75, 3.05) is 16.4 Å². The number of nitrogen functional groups attached to an aromatic ring is 1. The molecule has 0 radical (unpaired) electrons. The first-order valence-electron chi connectivity index (χ1n) is 7.39. The Morgan fingerprint density at radius 2 is 1.72 bits per heavy atom.